The SMILES string of the molecule is CCOC(=O)c1ccccc1N1CC(C(=O)N2c3ccccc3CC2C)CC1=O. The van der Waals surface area contributed by atoms with Gasteiger partial charge in [0.25, 0.3) is 0 Å². The number of esters is 1. The molecule has 0 N–H and O–H groups in total. The van der Waals surface area contributed by atoms with Crippen molar-refractivity contribution in [1.29, 1.82) is 0 Å². The van der Waals surface area contributed by atoms with E-state index in [-0.39, 0.29) is 37.4 Å². The third-order valence-corrected chi connectivity index (χ3v) is 5.61. The van der Waals surface area contributed by atoms with Crippen LogP contribution in [0.15, 0.2) is 48.5 Å². The Kier molecular flexibility index (Phi) is 5.09. The van der Waals surface area contributed by atoms with E-state index in [4.69, 9.17) is 4.74 Å². The van der Waals surface area contributed by atoms with Crippen molar-refractivity contribution in [2.75, 3.05) is 23.0 Å². The van der Waals surface area contributed by atoms with Crippen LogP contribution >= 0.6 is 0 Å². The number of hydrogen-bond acceptors (Lipinski definition) is 4. The second-order valence-electron chi connectivity index (χ2n) is 7.53. The molecular formula is C23H24N2O4. The maximum absolute atomic E-state index is 13.3. The minimum absolute atomic E-state index is 0.0353. The average Bonchev–Trinajstić information content (AvgIpc) is 3.27. The third kappa shape index (κ3) is 3.39. The Bertz CT molecular complexity index is 971. The molecule has 2 aliphatic heterocycles. The van der Waals surface area contributed by atoms with Crippen LogP contribution in [0.4, 0.5) is 11.4 Å². The molecule has 6 nitrogen and oxygen atoms in total. The Morgan fingerprint density at radius 1 is 1.03 bits per heavy atom. The molecule has 2 heterocycles. The van der Waals surface area contributed by atoms with Crippen molar-refractivity contribution in [3.63, 3.8) is 0 Å². The van der Waals surface area contributed by atoms with Crippen LogP contribution in [0.5, 0.6) is 0 Å². The maximum Gasteiger partial charge on any atom is 0.340 e. The zero-order chi connectivity index (χ0) is 20.5. The first-order chi connectivity index (χ1) is 14.0. The highest BCUT2D eigenvalue weighted by Crippen LogP contribution is 2.36. The van der Waals surface area contributed by atoms with Crippen LogP contribution in [0, 0.1) is 5.92 Å². The number of rotatable bonds is 4. The highest BCUT2D eigenvalue weighted by Gasteiger charge is 2.41. The Hall–Kier alpha value is -3.15. The normalized spacial score (nSPS) is 20.7. The van der Waals surface area contributed by atoms with Gasteiger partial charge in [-0.15, -0.1) is 0 Å². The van der Waals surface area contributed by atoms with Crippen LogP contribution in [-0.2, 0) is 20.7 Å². The number of benzene rings is 2. The van der Waals surface area contributed by atoms with Crippen LogP contribution in [0.3, 0.4) is 0 Å². The highest BCUT2D eigenvalue weighted by molar-refractivity contribution is 6.08. The van der Waals surface area contributed by atoms with Crippen molar-refractivity contribution < 1.29 is 19.1 Å². The second kappa shape index (κ2) is 7.70. The van der Waals surface area contributed by atoms with Crippen LogP contribution in [0.1, 0.15) is 36.2 Å². The molecule has 6 heteroatoms. The van der Waals surface area contributed by atoms with E-state index in [1.165, 1.54) is 0 Å². The molecule has 0 aliphatic carbocycles. The Morgan fingerprint density at radius 3 is 2.48 bits per heavy atom. The number of carbonyl (C=O) groups is 3. The van der Waals surface area contributed by atoms with Gasteiger partial charge in [0.1, 0.15) is 0 Å². The molecule has 2 aromatic carbocycles. The quantitative estimate of drug-likeness (QED) is 0.750. The van der Waals surface area contributed by atoms with Crippen molar-refractivity contribution in [2.45, 2.75) is 32.7 Å². The topological polar surface area (TPSA) is 66.9 Å². The lowest BCUT2D eigenvalue weighted by molar-refractivity contribution is -0.124. The second-order valence-corrected chi connectivity index (χ2v) is 7.53. The molecule has 29 heavy (non-hydrogen) atoms. The highest BCUT2D eigenvalue weighted by atomic mass is 16.5. The predicted molar refractivity (Wildman–Crippen MR) is 110 cm³/mol. The van der Waals surface area contributed by atoms with Gasteiger partial charge in [0.15, 0.2) is 0 Å². The van der Waals surface area contributed by atoms with Crippen molar-refractivity contribution in [3.8, 4) is 0 Å². The number of amides is 2. The molecule has 2 amide bonds. The van der Waals surface area contributed by atoms with Crippen LogP contribution in [0.25, 0.3) is 0 Å². The van der Waals surface area contributed by atoms with Gasteiger partial charge in [-0.05, 0) is 44.0 Å². The molecule has 2 unspecified atom stereocenters. The standard InChI is InChI=1S/C23H24N2O4/c1-3-29-23(28)18-9-5-7-11-20(18)24-14-17(13-21(24)26)22(27)25-15(2)12-16-8-4-6-10-19(16)25/h4-11,15,17H,3,12-14H2,1-2H3. The van der Waals surface area contributed by atoms with E-state index in [2.05, 4.69) is 0 Å². The lowest BCUT2D eigenvalue weighted by Crippen LogP contribution is -2.41. The van der Waals surface area contributed by atoms with Gasteiger partial charge < -0.3 is 14.5 Å². The van der Waals surface area contributed by atoms with Gasteiger partial charge in [-0.1, -0.05) is 30.3 Å². The fourth-order valence-electron chi connectivity index (χ4n) is 4.29. The molecule has 1 saturated heterocycles. The molecule has 0 spiro atoms. The maximum atomic E-state index is 13.3. The van der Waals surface area contributed by atoms with Crippen molar-refractivity contribution in [2.24, 2.45) is 5.92 Å². The number of para-hydroxylation sites is 2. The van der Waals surface area contributed by atoms with E-state index in [0.29, 0.717) is 11.3 Å². The van der Waals surface area contributed by atoms with Gasteiger partial charge in [-0.25, -0.2) is 4.79 Å². The molecule has 0 radical (unpaired) electrons. The molecule has 2 aliphatic rings. The van der Waals surface area contributed by atoms with Crippen molar-refractivity contribution in [1.82, 2.24) is 0 Å². The summed E-state index contributed by atoms with van der Waals surface area (Å²) in [6, 6.07) is 14.9. The minimum Gasteiger partial charge on any atom is -0.462 e. The van der Waals surface area contributed by atoms with Crippen LogP contribution < -0.4 is 9.80 Å². The van der Waals surface area contributed by atoms with E-state index in [1.807, 2.05) is 36.1 Å². The number of fused-ring (bicyclic) bond motifs is 1. The first-order valence-corrected chi connectivity index (χ1v) is 9.98. The van der Waals surface area contributed by atoms with Crippen LogP contribution in [0.2, 0.25) is 0 Å². The van der Waals surface area contributed by atoms with Crippen LogP contribution in [-0.4, -0.2) is 37.0 Å². The molecule has 2 atom stereocenters. The van der Waals surface area contributed by atoms with Gasteiger partial charge in [-0.2, -0.15) is 0 Å². The Balaban J connectivity index is 1.58. The Morgan fingerprint density at radius 2 is 1.72 bits per heavy atom. The molecule has 0 aromatic heterocycles. The van der Waals surface area contributed by atoms with E-state index in [9.17, 15) is 14.4 Å². The summed E-state index contributed by atoms with van der Waals surface area (Å²) in [5.74, 6) is -1.09. The lowest BCUT2D eigenvalue weighted by Gasteiger charge is -2.26. The van der Waals surface area contributed by atoms with Gasteiger partial charge in [0.2, 0.25) is 11.8 Å². The molecule has 150 valence electrons. The molecule has 0 bridgehead atoms. The van der Waals surface area contributed by atoms with E-state index < -0.39 is 11.9 Å². The molecule has 0 saturated carbocycles. The molecule has 4 rings (SSSR count). The lowest BCUT2D eigenvalue weighted by atomic mass is 10.1. The summed E-state index contributed by atoms with van der Waals surface area (Å²) < 4.78 is 5.12. The monoisotopic (exact) mass is 392 g/mol. The number of carbonyl (C=O) groups excluding carboxylic acids is 3. The van der Waals surface area contributed by atoms with Gasteiger partial charge in [-0.3, -0.25) is 9.59 Å². The van der Waals surface area contributed by atoms with E-state index >= 15 is 0 Å². The summed E-state index contributed by atoms with van der Waals surface area (Å²) >= 11 is 0. The largest absolute Gasteiger partial charge is 0.462 e. The Labute approximate surface area is 170 Å². The smallest absolute Gasteiger partial charge is 0.340 e. The van der Waals surface area contributed by atoms with E-state index in [1.54, 1.807) is 36.1 Å². The molecular weight excluding hydrogens is 368 g/mol. The molecule has 1 fully saturated rings. The first-order valence-electron chi connectivity index (χ1n) is 9.98. The number of anilines is 2. The minimum atomic E-state index is -0.465. The zero-order valence-electron chi connectivity index (χ0n) is 16.6. The summed E-state index contributed by atoms with van der Waals surface area (Å²) in [6.45, 7) is 4.29. The number of ether oxygens (including phenoxy) is 1. The third-order valence-electron chi connectivity index (χ3n) is 5.61. The van der Waals surface area contributed by atoms with Crippen molar-refractivity contribution >= 4 is 29.2 Å². The summed E-state index contributed by atoms with van der Waals surface area (Å²) in [6.07, 6.45) is 0.958. The van der Waals surface area contributed by atoms with Crippen molar-refractivity contribution in [3.05, 3.63) is 59.7 Å². The summed E-state index contributed by atoms with van der Waals surface area (Å²) in [5.41, 5.74) is 2.93. The predicted octanol–water partition coefficient (Wildman–Crippen LogP) is 3.19. The number of nitrogens with zero attached hydrogens (tertiary/aromatic N) is 2. The fourth-order valence-corrected chi connectivity index (χ4v) is 4.29. The fraction of sp³-hybridized carbons (Fsp3) is 0.348. The summed E-state index contributed by atoms with van der Waals surface area (Å²) in [7, 11) is 0. The first kappa shape index (κ1) is 19.2. The summed E-state index contributed by atoms with van der Waals surface area (Å²) in [5, 5.41) is 0. The zero-order valence-corrected chi connectivity index (χ0v) is 16.6. The number of hydrogen-bond donors (Lipinski definition) is 0. The van der Waals surface area contributed by atoms with E-state index in [0.717, 1.165) is 17.7 Å². The molecule has 2 aromatic rings. The average molecular weight is 392 g/mol. The van der Waals surface area contributed by atoms with Gasteiger partial charge in [0, 0.05) is 24.7 Å². The van der Waals surface area contributed by atoms with Gasteiger partial charge in [0.05, 0.1) is 23.8 Å². The summed E-state index contributed by atoms with van der Waals surface area (Å²) in [4.78, 5) is 41.8. The van der Waals surface area contributed by atoms with Gasteiger partial charge >= 0.3 is 5.97 Å².